The average molecular weight is 360 g/mol. The fraction of sp³-hybridized carbons (Fsp3) is 0.727. The van der Waals surface area contributed by atoms with Crippen molar-refractivity contribution >= 4 is 11.8 Å². The minimum Gasteiger partial charge on any atom is -0.476 e. The third-order valence-corrected chi connectivity index (χ3v) is 8.55. The number of aliphatic carboxylic acids is 1. The lowest BCUT2D eigenvalue weighted by Gasteiger charge is -2.59. The summed E-state index contributed by atoms with van der Waals surface area (Å²) in [5.41, 5.74) is 1.65. The van der Waals surface area contributed by atoms with Crippen LogP contribution in [0.5, 0.6) is 0 Å². The number of halogens is 1. The van der Waals surface area contributed by atoms with Crippen LogP contribution in [0.2, 0.25) is 0 Å². The molecule has 0 spiro atoms. The Hall–Kier alpha value is -1.45. The van der Waals surface area contributed by atoms with E-state index in [2.05, 4.69) is 20.8 Å². The van der Waals surface area contributed by atoms with E-state index in [1.165, 1.54) is 5.57 Å². The van der Waals surface area contributed by atoms with Crippen molar-refractivity contribution in [3.63, 3.8) is 0 Å². The number of ketones is 1. The first-order valence-corrected chi connectivity index (χ1v) is 10.0. The van der Waals surface area contributed by atoms with Gasteiger partial charge in [-0.1, -0.05) is 26.3 Å². The Balaban J connectivity index is 1.74. The van der Waals surface area contributed by atoms with Gasteiger partial charge in [-0.05, 0) is 84.7 Å². The maximum absolute atomic E-state index is 14.4. The fourth-order valence-corrected chi connectivity index (χ4v) is 7.21. The van der Waals surface area contributed by atoms with Gasteiger partial charge in [0, 0.05) is 6.42 Å². The zero-order valence-electron chi connectivity index (χ0n) is 16.0. The standard InChI is InChI=1S/C22H29FO3/c1-12-10-13-11-14(24)6-8-21(13,2)16-7-9-22(3)15(18(12)16)4-5-17(22)19(23)20(25)26/h11-12,15-16,18H,4-10H2,1-3H3,(H,25,26)/t12-,15-,16-,18-,21-,22-/m0/s1. The first-order valence-electron chi connectivity index (χ1n) is 10.0. The van der Waals surface area contributed by atoms with Crippen LogP contribution in [0.3, 0.4) is 0 Å². The van der Waals surface area contributed by atoms with Gasteiger partial charge >= 0.3 is 5.97 Å². The quantitative estimate of drug-likeness (QED) is 0.664. The Kier molecular flexibility index (Phi) is 3.98. The van der Waals surface area contributed by atoms with Crippen LogP contribution < -0.4 is 0 Å². The van der Waals surface area contributed by atoms with Gasteiger partial charge in [0.25, 0.3) is 0 Å². The molecular formula is C22H29FO3. The summed E-state index contributed by atoms with van der Waals surface area (Å²) < 4.78 is 14.4. The van der Waals surface area contributed by atoms with E-state index < -0.39 is 11.8 Å². The smallest absolute Gasteiger partial charge is 0.364 e. The van der Waals surface area contributed by atoms with Gasteiger partial charge in [0.1, 0.15) is 0 Å². The molecule has 0 heterocycles. The molecular weight excluding hydrogens is 331 g/mol. The molecule has 0 aromatic carbocycles. The number of carboxylic acid groups (broad SMARTS) is 1. The average Bonchev–Trinajstić information content (AvgIpc) is 2.93. The largest absolute Gasteiger partial charge is 0.476 e. The van der Waals surface area contributed by atoms with E-state index in [0.29, 0.717) is 42.1 Å². The number of hydrogen-bond acceptors (Lipinski definition) is 2. The number of rotatable bonds is 1. The summed E-state index contributed by atoms with van der Waals surface area (Å²) >= 11 is 0. The van der Waals surface area contributed by atoms with Crippen LogP contribution in [0, 0.1) is 34.5 Å². The summed E-state index contributed by atoms with van der Waals surface area (Å²) in [5, 5.41) is 9.18. The predicted octanol–water partition coefficient (Wildman–Crippen LogP) is 5.07. The van der Waals surface area contributed by atoms with Crippen molar-refractivity contribution in [1.82, 2.24) is 0 Å². The van der Waals surface area contributed by atoms with Gasteiger partial charge < -0.3 is 5.11 Å². The Morgan fingerprint density at radius 2 is 1.85 bits per heavy atom. The van der Waals surface area contributed by atoms with Crippen molar-refractivity contribution < 1.29 is 19.1 Å². The molecule has 4 aliphatic rings. The molecule has 3 fully saturated rings. The van der Waals surface area contributed by atoms with E-state index in [1.807, 2.05) is 6.08 Å². The number of hydrogen-bond donors (Lipinski definition) is 1. The van der Waals surface area contributed by atoms with Gasteiger partial charge in [-0.25, -0.2) is 4.79 Å². The molecule has 0 aromatic heterocycles. The van der Waals surface area contributed by atoms with E-state index in [-0.39, 0.29) is 16.6 Å². The van der Waals surface area contributed by atoms with Crippen molar-refractivity contribution in [2.75, 3.05) is 0 Å². The summed E-state index contributed by atoms with van der Waals surface area (Å²) in [4.78, 5) is 23.2. The van der Waals surface area contributed by atoms with Crippen LogP contribution in [-0.2, 0) is 9.59 Å². The van der Waals surface area contributed by atoms with E-state index in [1.54, 1.807) is 0 Å². The summed E-state index contributed by atoms with van der Waals surface area (Å²) in [7, 11) is 0. The first kappa shape index (κ1) is 17.9. The minimum atomic E-state index is -1.41. The third-order valence-electron chi connectivity index (χ3n) is 8.55. The third kappa shape index (κ3) is 2.30. The second kappa shape index (κ2) is 5.77. The van der Waals surface area contributed by atoms with E-state index >= 15 is 0 Å². The highest BCUT2D eigenvalue weighted by Crippen LogP contribution is 2.68. The molecule has 6 atom stereocenters. The lowest BCUT2D eigenvalue weighted by atomic mass is 9.45. The fourth-order valence-electron chi connectivity index (χ4n) is 7.21. The lowest BCUT2D eigenvalue weighted by Crippen LogP contribution is -2.52. The molecule has 4 rings (SSSR count). The maximum Gasteiger partial charge on any atom is 0.364 e. The molecule has 0 radical (unpaired) electrons. The number of allylic oxidation sites excluding steroid dienone is 2. The molecule has 1 N–H and O–H groups in total. The highest BCUT2D eigenvalue weighted by Gasteiger charge is 2.60. The van der Waals surface area contributed by atoms with Crippen molar-refractivity contribution in [3.05, 3.63) is 23.0 Å². The summed E-state index contributed by atoms with van der Waals surface area (Å²) in [5.74, 6) is -0.234. The Morgan fingerprint density at radius 1 is 1.15 bits per heavy atom. The predicted molar refractivity (Wildman–Crippen MR) is 97.0 cm³/mol. The highest BCUT2D eigenvalue weighted by molar-refractivity contribution is 5.91. The molecule has 26 heavy (non-hydrogen) atoms. The van der Waals surface area contributed by atoms with Crippen molar-refractivity contribution in [2.24, 2.45) is 34.5 Å². The molecule has 0 unspecified atom stereocenters. The Morgan fingerprint density at radius 3 is 2.54 bits per heavy atom. The van der Waals surface area contributed by atoms with Gasteiger partial charge in [0.15, 0.2) is 5.78 Å². The zero-order valence-corrected chi connectivity index (χ0v) is 16.0. The monoisotopic (exact) mass is 360 g/mol. The summed E-state index contributed by atoms with van der Waals surface area (Å²) in [6.45, 7) is 6.71. The van der Waals surface area contributed by atoms with Gasteiger partial charge in [-0.3, -0.25) is 4.79 Å². The lowest BCUT2D eigenvalue weighted by molar-refractivity contribution is -0.134. The van der Waals surface area contributed by atoms with E-state index in [0.717, 1.165) is 32.1 Å². The van der Waals surface area contributed by atoms with Gasteiger partial charge in [-0.2, -0.15) is 4.39 Å². The maximum atomic E-state index is 14.4. The van der Waals surface area contributed by atoms with E-state index in [4.69, 9.17) is 0 Å². The summed E-state index contributed by atoms with van der Waals surface area (Å²) in [6.07, 6.45) is 7.77. The molecule has 4 aliphatic carbocycles. The molecule has 0 saturated heterocycles. The molecule has 4 heteroatoms. The van der Waals surface area contributed by atoms with E-state index in [9.17, 15) is 19.1 Å². The molecule has 0 aliphatic heterocycles. The van der Waals surface area contributed by atoms with Gasteiger partial charge in [0.2, 0.25) is 5.83 Å². The normalized spacial score (nSPS) is 46.8. The van der Waals surface area contributed by atoms with Crippen molar-refractivity contribution in [2.45, 2.75) is 65.7 Å². The van der Waals surface area contributed by atoms with Crippen molar-refractivity contribution in [1.29, 1.82) is 0 Å². The first-order chi connectivity index (χ1) is 12.2. The molecule has 142 valence electrons. The SMILES string of the molecule is C[C@H]1CC2=CC(=O)CC[C@]2(C)[C@H]2CC[C@]3(C)C(=C(F)C(=O)O)CC[C@H]3[C@H]12. The minimum absolute atomic E-state index is 0.0875. The Bertz CT molecular complexity index is 736. The topological polar surface area (TPSA) is 54.4 Å². The number of carbonyl (C=O) groups excluding carboxylic acids is 1. The summed E-state index contributed by atoms with van der Waals surface area (Å²) in [6, 6.07) is 0. The zero-order chi connectivity index (χ0) is 18.9. The van der Waals surface area contributed by atoms with Gasteiger partial charge in [-0.15, -0.1) is 0 Å². The highest BCUT2D eigenvalue weighted by atomic mass is 19.1. The second-order valence-electron chi connectivity index (χ2n) is 9.62. The van der Waals surface area contributed by atoms with Crippen LogP contribution >= 0.6 is 0 Å². The van der Waals surface area contributed by atoms with Gasteiger partial charge in [0.05, 0.1) is 0 Å². The molecule has 3 nitrogen and oxygen atoms in total. The molecule has 0 aromatic rings. The number of fused-ring (bicyclic) bond motifs is 5. The van der Waals surface area contributed by atoms with Crippen molar-refractivity contribution in [3.8, 4) is 0 Å². The van der Waals surface area contributed by atoms with Crippen LogP contribution in [0.1, 0.15) is 65.7 Å². The molecule has 0 bridgehead atoms. The molecule has 0 amide bonds. The Labute approximate surface area is 154 Å². The van der Waals surface area contributed by atoms with Crippen LogP contribution in [0.4, 0.5) is 4.39 Å². The number of carbonyl (C=O) groups is 2. The van der Waals surface area contributed by atoms with Crippen LogP contribution in [0.15, 0.2) is 23.0 Å². The van der Waals surface area contributed by atoms with Crippen LogP contribution in [-0.4, -0.2) is 16.9 Å². The number of carboxylic acids is 1. The molecule has 3 saturated carbocycles. The van der Waals surface area contributed by atoms with Crippen LogP contribution in [0.25, 0.3) is 0 Å². The second-order valence-corrected chi connectivity index (χ2v) is 9.62.